The van der Waals surface area contributed by atoms with Gasteiger partial charge in [-0.1, -0.05) is 24.0 Å². The van der Waals surface area contributed by atoms with Crippen LogP contribution in [0.5, 0.6) is 0 Å². The van der Waals surface area contributed by atoms with Crippen LogP contribution in [-0.2, 0) is 4.79 Å². The van der Waals surface area contributed by atoms with Crippen molar-refractivity contribution in [2.45, 2.75) is 0 Å². The highest BCUT2D eigenvalue weighted by Crippen LogP contribution is 2.28. The van der Waals surface area contributed by atoms with E-state index in [-0.39, 0.29) is 11.7 Å². The van der Waals surface area contributed by atoms with E-state index in [4.69, 9.17) is 12.2 Å². The summed E-state index contributed by atoms with van der Waals surface area (Å²) < 4.78 is 13.3. The maximum atomic E-state index is 12.9. The van der Waals surface area contributed by atoms with Crippen molar-refractivity contribution in [3.05, 3.63) is 46.1 Å². The summed E-state index contributed by atoms with van der Waals surface area (Å²) in [4.78, 5) is 16.5. The van der Waals surface area contributed by atoms with Crippen LogP contribution in [0, 0.1) is 5.82 Å². The molecule has 0 bridgehead atoms. The first-order valence-electron chi connectivity index (χ1n) is 5.58. The molecule has 1 fully saturated rings. The monoisotopic (exact) mass is 322 g/mol. The number of thiazole rings is 1. The summed E-state index contributed by atoms with van der Waals surface area (Å²) in [7, 11) is 0. The van der Waals surface area contributed by atoms with E-state index in [1.165, 1.54) is 35.2 Å². The van der Waals surface area contributed by atoms with Gasteiger partial charge in [0, 0.05) is 10.9 Å². The molecule has 1 N–H and O–H groups in total. The summed E-state index contributed by atoms with van der Waals surface area (Å²) in [6.07, 6.45) is 1.70. The third-order valence-corrected chi connectivity index (χ3v) is 4.61. The molecule has 1 amide bonds. The van der Waals surface area contributed by atoms with Gasteiger partial charge < -0.3 is 5.32 Å². The van der Waals surface area contributed by atoms with Gasteiger partial charge in [0.15, 0.2) is 0 Å². The van der Waals surface area contributed by atoms with Gasteiger partial charge in [0.2, 0.25) is 0 Å². The molecule has 0 unspecified atom stereocenters. The number of carbonyl (C=O) groups is 1. The van der Waals surface area contributed by atoms with Gasteiger partial charge in [-0.25, -0.2) is 9.37 Å². The molecule has 3 rings (SSSR count). The van der Waals surface area contributed by atoms with Crippen LogP contribution >= 0.6 is 35.3 Å². The molecule has 1 aromatic carbocycles. The van der Waals surface area contributed by atoms with E-state index in [1.807, 2.05) is 5.38 Å². The second-order valence-electron chi connectivity index (χ2n) is 3.94. The highest BCUT2D eigenvalue weighted by Gasteiger charge is 2.22. The van der Waals surface area contributed by atoms with Crippen LogP contribution in [-0.4, -0.2) is 15.2 Å². The third-order valence-electron chi connectivity index (χ3n) is 2.53. The number of benzene rings is 1. The SMILES string of the molecule is O=C1NC(=S)S/C1=C\c1csc(-c2ccc(F)cc2)n1. The maximum Gasteiger partial charge on any atom is 0.263 e. The molecule has 0 spiro atoms. The zero-order chi connectivity index (χ0) is 14.1. The van der Waals surface area contributed by atoms with Crippen molar-refractivity contribution < 1.29 is 9.18 Å². The number of thiocarbonyl (C=S) groups is 1. The van der Waals surface area contributed by atoms with Crippen molar-refractivity contribution in [2.75, 3.05) is 0 Å². The van der Waals surface area contributed by atoms with Crippen molar-refractivity contribution in [3.63, 3.8) is 0 Å². The van der Waals surface area contributed by atoms with Crippen LogP contribution in [0.2, 0.25) is 0 Å². The molecule has 7 heteroatoms. The van der Waals surface area contributed by atoms with Crippen molar-refractivity contribution in [1.82, 2.24) is 10.3 Å². The number of nitrogens with zero attached hydrogens (tertiary/aromatic N) is 1. The smallest absolute Gasteiger partial charge is 0.263 e. The van der Waals surface area contributed by atoms with E-state index in [0.29, 0.717) is 14.9 Å². The van der Waals surface area contributed by atoms with Gasteiger partial charge in [-0.2, -0.15) is 0 Å². The Balaban J connectivity index is 1.87. The lowest BCUT2D eigenvalue weighted by Crippen LogP contribution is -2.17. The quantitative estimate of drug-likeness (QED) is 0.679. The van der Waals surface area contributed by atoms with Gasteiger partial charge in [-0.05, 0) is 30.3 Å². The Hall–Kier alpha value is -1.57. The highest BCUT2D eigenvalue weighted by atomic mass is 32.2. The van der Waals surface area contributed by atoms with Gasteiger partial charge in [-0.3, -0.25) is 4.79 Å². The maximum absolute atomic E-state index is 12.9. The molecule has 0 saturated carbocycles. The van der Waals surface area contributed by atoms with Crippen LogP contribution in [0.15, 0.2) is 34.6 Å². The molecule has 1 aromatic heterocycles. The van der Waals surface area contributed by atoms with E-state index in [9.17, 15) is 9.18 Å². The molecule has 1 aliphatic rings. The predicted octanol–water partition coefficient (Wildman–Crippen LogP) is 3.44. The number of aromatic nitrogens is 1. The molecule has 1 aliphatic heterocycles. The van der Waals surface area contributed by atoms with Crippen molar-refractivity contribution in [2.24, 2.45) is 0 Å². The van der Waals surface area contributed by atoms with Crippen LogP contribution in [0.4, 0.5) is 4.39 Å². The normalized spacial score (nSPS) is 16.8. The fourth-order valence-electron chi connectivity index (χ4n) is 1.63. The number of hydrogen-bond acceptors (Lipinski definition) is 5. The molecule has 100 valence electrons. The van der Waals surface area contributed by atoms with Crippen LogP contribution in [0.3, 0.4) is 0 Å². The van der Waals surface area contributed by atoms with E-state index < -0.39 is 0 Å². The summed E-state index contributed by atoms with van der Waals surface area (Å²) in [6, 6.07) is 6.15. The lowest BCUT2D eigenvalue weighted by Gasteiger charge is -1.94. The topological polar surface area (TPSA) is 42.0 Å². The fourth-order valence-corrected chi connectivity index (χ4v) is 3.45. The van der Waals surface area contributed by atoms with Crippen molar-refractivity contribution in [3.8, 4) is 10.6 Å². The van der Waals surface area contributed by atoms with E-state index >= 15 is 0 Å². The molecule has 0 radical (unpaired) electrons. The molecule has 2 heterocycles. The van der Waals surface area contributed by atoms with Crippen molar-refractivity contribution in [1.29, 1.82) is 0 Å². The van der Waals surface area contributed by atoms with E-state index in [1.54, 1.807) is 18.2 Å². The molecule has 0 aliphatic carbocycles. The molecular formula is C13H7FN2OS3. The number of halogens is 1. The Morgan fingerprint density at radius 2 is 2.05 bits per heavy atom. The average Bonchev–Trinajstić information content (AvgIpc) is 2.98. The van der Waals surface area contributed by atoms with Crippen molar-refractivity contribution >= 4 is 51.6 Å². The number of hydrogen-bond donors (Lipinski definition) is 1. The molecule has 0 atom stereocenters. The third kappa shape index (κ3) is 2.79. The number of carbonyl (C=O) groups excluding carboxylic acids is 1. The molecule has 3 nitrogen and oxygen atoms in total. The molecule has 1 saturated heterocycles. The second-order valence-corrected chi connectivity index (χ2v) is 6.51. The lowest BCUT2D eigenvalue weighted by atomic mass is 10.2. The Labute approximate surface area is 127 Å². The first-order chi connectivity index (χ1) is 9.61. The minimum absolute atomic E-state index is 0.198. The van der Waals surface area contributed by atoms with Gasteiger partial charge in [0.25, 0.3) is 5.91 Å². The molecule has 20 heavy (non-hydrogen) atoms. The number of amides is 1. The number of nitrogens with one attached hydrogen (secondary N) is 1. The average molecular weight is 322 g/mol. The Kier molecular flexibility index (Phi) is 3.64. The minimum Gasteiger partial charge on any atom is -0.307 e. The predicted molar refractivity (Wildman–Crippen MR) is 83.8 cm³/mol. The second kappa shape index (κ2) is 5.43. The standard InChI is InChI=1S/C13H7FN2OS3/c14-8-3-1-7(2-4-8)12-15-9(6-19-12)5-10-11(17)16-13(18)20-10/h1-6H,(H,16,17,18)/b10-5-. The van der Waals surface area contributed by atoms with Gasteiger partial charge in [0.1, 0.15) is 15.1 Å². The van der Waals surface area contributed by atoms with E-state index in [0.717, 1.165) is 10.6 Å². The zero-order valence-corrected chi connectivity index (χ0v) is 12.4. The van der Waals surface area contributed by atoms with Gasteiger partial charge >= 0.3 is 0 Å². The summed E-state index contributed by atoms with van der Waals surface area (Å²) in [5.41, 5.74) is 1.54. The summed E-state index contributed by atoms with van der Waals surface area (Å²) in [6.45, 7) is 0. The van der Waals surface area contributed by atoms with Crippen LogP contribution < -0.4 is 5.32 Å². The lowest BCUT2D eigenvalue weighted by molar-refractivity contribution is -0.115. The largest absolute Gasteiger partial charge is 0.307 e. The number of thioether (sulfide) groups is 1. The van der Waals surface area contributed by atoms with Crippen LogP contribution in [0.1, 0.15) is 5.69 Å². The summed E-state index contributed by atoms with van der Waals surface area (Å²) >= 11 is 7.58. The van der Waals surface area contributed by atoms with Crippen LogP contribution in [0.25, 0.3) is 16.6 Å². The zero-order valence-electron chi connectivity index (χ0n) is 9.92. The Bertz CT molecular complexity index is 721. The number of rotatable bonds is 2. The Morgan fingerprint density at radius 3 is 2.70 bits per heavy atom. The Morgan fingerprint density at radius 1 is 1.30 bits per heavy atom. The highest BCUT2D eigenvalue weighted by molar-refractivity contribution is 8.26. The van der Waals surface area contributed by atoms with Gasteiger partial charge in [-0.15, -0.1) is 11.3 Å². The van der Waals surface area contributed by atoms with Gasteiger partial charge in [0.05, 0.1) is 10.6 Å². The molecule has 2 aromatic rings. The fraction of sp³-hybridized carbons (Fsp3) is 0. The first kappa shape index (κ1) is 13.4. The molecular weight excluding hydrogens is 315 g/mol. The minimum atomic E-state index is -0.278. The summed E-state index contributed by atoms with van der Waals surface area (Å²) in [5.74, 6) is -0.475. The first-order valence-corrected chi connectivity index (χ1v) is 7.68. The summed E-state index contributed by atoms with van der Waals surface area (Å²) in [5, 5.41) is 5.18. The van der Waals surface area contributed by atoms with E-state index in [2.05, 4.69) is 10.3 Å².